The Morgan fingerprint density at radius 1 is 1.24 bits per heavy atom. The zero-order chi connectivity index (χ0) is 15.0. The molecule has 108 valence electrons. The van der Waals surface area contributed by atoms with Gasteiger partial charge in [0.2, 0.25) is 0 Å². The van der Waals surface area contributed by atoms with Gasteiger partial charge in [-0.1, -0.05) is 24.3 Å². The number of rotatable bonds is 3. The number of aryl methyl sites for hydroxylation is 2. The van der Waals surface area contributed by atoms with Gasteiger partial charge in [-0.15, -0.1) is 0 Å². The average molecular weight is 344 g/mol. The van der Waals surface area contributed by atoms with Gasteiger partial charge < -0.3 is 10.3 Å². The van der Waals surface area contributed by atoms with Crippen LogP contribution in [0.25, 0.3) is 22.4 Å². The van der Waals surface area contributed by atoms with Crippen molar-refractivity contribution in [1.29, 1.82) is 0 Å². The SMILES string of the molecule is CCn1c(-c2cccc(C)c2Br)nc2cc(CN)ccc21. The number of benzene rings is 2. The van der Waals surface area contributed by atoms with Gasteiger partial charge in [0.05, 0.1) is 11.0 Å². The Kier molecular flexibility index (Phi) is 3.83. The fourth-order valence-electron chi connectivity index (χ4n) is 2.65. The van der Waals surface area contributed by atoms with Gasteiger partial charge in [0.1, 0.15) is 5.82 Å². The first kappa shape index (κ1) is 14.3. The standard InChI is InChI=1S/C17H18BrN3/c1-3-21-15-8-7-12(10-19)9-14(15)20-17(21)13-6-4-5-11(2)16(13)18/h4-9H,3,10,19H2,1-2H3. The van der Waals surface area contributed by atoms with Crippen LogP contribution in [-0.2, 0) is 13.1 Å². The van der Waals surface area contributed by atoms with Gasteiger partial charge in [-0.25, -0.2) is 4.98 Å². The Labute approximate surface area is 132 Å². The Morgan fingerprint density at radius 2 is 2.05 bits per heavy atom. The number of nitrogens with zero attached hydrogens (tertiary/aromatic N) is 2. The minimum atomic E-state index is 0.540. The summed E-state index contributed by atoms with van der Waals surface area (Å²) in [4.78, 5) is 4.84. The van der Waals surface area contributed by atoms with Crippen molar-refractivity contribution in [2.24, 2.45) is 5.73 Å². The van der Waals surface area contributed by atoms with Gasteiger partial charge in [-0.3, -0.25) is 0 Å². The first-order chi connectivity index (χ1) is 10.2. The van der Waals surface area contributed by atoms with Gasteiger partial charge >= 0.3 is 0 Å². The van der Waals surface area contributed by atoms with E-state index in [4.69, 9.17) is 10.7 Å². The van der Waals surface area contributed by atoms with Crippen molar-refractivity contribution in [1.82, 2.24) is 9.55 Å². The normalized spacial score (nSPS) is 11.2. The summed E-state index contributed by atoms with van der Waals surface area (Å²) in [6.07, 6.45) is 0. The van der Waals surface area contributed by atoms with E-state index in [1.54, 1.807) is 0 Å². The number of hydrogen-bond donors (Lipinski definition) is 1. The van der Waals surface area contributed by atoms with Crippen molar-refractivity contribution in [3.8, 4) is 11.4 Å². The predicted octanol–water partition coefficient (Wildman–Crippen LogP) is 4.25. The maximum absolute atomic E-state index is 5.73. The highest BCUT2D eigenvalue weighted by atomic mass is 79.9. The summed E-state index contributed by atoms with van der Waals surface area (Å²) in [6, 6.07) is 12.5. The summed E-state index contributed by atoms with van der Waals surface area (Å²) < 4.78 is 3.35. The lowest BCUT2D eigenvalue weighted by Gasteiger charge is -2.09. The van der Waals surface area contributed by atoms with Crippen molar-refractivity contribution >= 4 is 27.0 Å². The molecule has 21 heavy (non-hydrogen) atoms. The minimum Gasteiger partial charge on any atom is -0.326 e. The summed E-state index contributed by atoms with van der Waals surface area (Å²) in [5, 5.41) is 0. The van der Waals surface area contributed by atoms with Crippen molar-refractivity contribution in [3.63, 3.8) is 0 Å². The summed E-state index contributed by atoms with van der Waals surface area (Å²) in [7, 11) is 0. The maximum atomic E-state index is 5.73. The minimum absolute atomic E-state index is 0.540. The highest BCUT2D eigenvalue weighted by Gasteiger charge is 2.14. The Hall–Kier alpha value is -1.65. The van der Waals surface area contributed by atoms with E-state index in [1.165, 1.54) is 5.56 Å². The van der Waals surface area contributed by atoms with E-state index >= 15 is 0 Å². The fraction of sp³-hybridized carbons (Fsp3) is 0.235. The third kappa shape index (κ3) is 2.39. The molecule has 0 bridgehead atoms. The summed E-state index contributed by atoms with van der Waals surface area (Å²) >= 11 is 3.69. The first-order valence-electron chi connectivity index (χ1n) is 7.10. The average Bonchev–Trinajstić information content (AvgIpc) is 2.87. The fourth-order valence-corrected chi connectivity index (χ4v) is 3.09. The van der Waals surface area contributed by atoms with E-state index in [0.717, 1.165) is 39.0 Å². The lowest BCUT2D eigenvalue weighted by molar-refractivity contribution is 0.796. The Balaban J connectivity index is 2.29. The topological polar surface area (TPSA) is 43.8 Å². The molecule has 3 aromatic rings. The van der Waals surface area contributed by atoms with Crippen LogP contribution >= 0.6 is 15.9 Å². The lowest BCUT2D eigenvalue weighted by atomic mass is 10.1. The highest BCUT2D eigenvalue weighted by molar-refractivity contribution is 9.10. The third-order valence-corrected chi connectivity index (χ3v) is 4.85. The molecule has 0 saturated carbocycles. The predicted molar refractivity (Wildman–Crippen MR) is 91.2 cm³/mol. The number of aromatic nitrogens is 2. The molecule has 3 nitrogen and oxygen atoms in total. The van der Waals surface area contributed by atoms with Crippen molar-refractivity contribution in [2.75, 3.05) is 0 Å². The van der Waals surface area contributed by atoms with Crippen LogP contribution in [0.3, 0.4) is 0 Å². The van der Waals surface area contributed by atoms with Crippen molar-refractivity contribution < 1.29 is 0 Å². The molecule has 0 spiro atoms. The second-order valence-corrected chi connectivity index (χ2v) is 5.94. The molecule has 0 saturated heterocycles. The highest BCUT2D eigenvalue weighted by Crippen LogP contribution is 2.32. The van der Waals surface area contributed by atoms with Crippen LogP contribution in [0, 0.1) is 6.92 Å². The monoisotopic (exact) mass is 343 g/mol. The van der Waals surface area contributed by atoms with Crippen LogP contribution in [-0.4, -0.2) is 9.55 Å². The number of imidazole rings is 1. The van der Waals surface area contributed by atoms with Gasteiger partial charge in [-0.2, -0.15) is 0 Å². The molecule has 0 fully saturated rings. The summed E-state index contributed by atoms with van der Waals surface area (Å²) in [5.41, 5.74) is 11.3. The molecule has 2 N–H and O–H groups in total. The lowest BCUT2D eigenvalue weighted by Crippen LogP contribution is -1.99. The molecule has 0 aliphatic heterocycles. The zero-order valence-electron chi connectivity index (χ0n) is 12.2. The van der Waals surface area contributed by atoms with Crippen molar-refractivity contribution in [3.05, 3.63) is 52.0 Å². The van der Waals surface area contributed by atoms with Crippen LogP contribution in [0.4, 0.5) is 0 Å². The van der Waals surface area contributed by atoms with Gasteiger partial charge in [0.25, 0.3) is 0 Å². The molecule has 4 heteroatoms. The van der Waals surface area contributed by atoms with Crippen LogP contribution in [0.2, 0.25) is 0 Å². The van der Waals surface area contributed by atoms with Crippen LogP contribution in [0.5, 0.6) is 0 Å². The largest absolute Gasteiger partial charge is 0.326 e. The molecule has 0 atom stereocenters. The summed E-state index contributed by atoms with van der Waals surface area (Å²) in [5.74, 6) is 0.997. The molecular formula is C17H18BrN3. The van der Waals surface area contributed by atoms with Crippen LogP contribution in [0.15, 0.2) is 40.9 Å². The molecule has 0 amide bonds. The molecule has 3 rings (SSSR count). The van der Waals surface area contributed by atoms with E-state index in [0.29, 0.717) is 6.54 Å². The van der Waals surface area contributed by atoms with Gasteiger partial charge in [-0.05, 0) is 53.0 Å². The number of halogens is 1. The number of nitrogens with two attached hydrogens (primary N) is 1. The van der Waals surface area contributed by atoms with E-state index in [-0.39, 0.29) is 0 Å². The third-order valence-electron chi connectivity index (χ3n) is 3.80. The first-order valence-corrected chi connectivity index (χ1v) is 7.89. The second kappa shape index (κ2) is 5.62. The van der Waals surface area contributed by atoms with E-state index in [9.17, 15) is 0 Å². The second-order valence-electron chi connectivity index (χ2n) is 5.14. The van der Waals surface area contributed by atoms with E-state index in [1.807, 2.05) is 0 Å². The Morgan fingerprint density at radius 3 is 2.76 bits per heavy atom. The maximum Gasteiger partial charge on any atom is 0.142 e. The Bertz CT molecular complexity index is 805. The van der Waals surface area contributed by atoms with Crippen LogP contribution in [0.1, 0.15) is 18.1 Å². The van der Waals surface area contributed by atoms with E-state index in [2.05, 4.69) is 70.7 Å². The molecule has 0 radical (unpaired) electrons. The van der Waals surface area contributed by atoms with E-state index < -0.39 is 0 Å². The zero-order valence-corrected chi connectivity index (χ0v) is 13.8. The van der Waals surface area contributed by atoms with Gasteiger partial charge in [0, 0.05) is 23.1 Å². The molecule has 1 aromatic heterocycles. The van der Waals surface area contributed by atoms with Crippen LogP contribution < -0.4 is 5.73 Å². The molecule has 1 heterocycles. The van der Waals surface area contributed by atoms with Crippen molar-refractivity contribution in [2.45, 2.75) is 26.9 Å². The molecular weight excluding hydrogens is 326 g/mol. The molecule has 0 unspecified atom stereocenters. The smallest absolute Gasteiger partial charge is 0.142 e. The molecule has 0 aliphatic carbocycles. The molecule has 2 aromatic carbocycles. The summed E-state index contributed by atoms with van der Waals surface area (Å²) in [6.45, 7) is 5.66. The molecule has 0 aliphatic rings. The number of hydrogen-bond acceptors (Lipinski definition) is 2. The quantitative estimate of drug-likeness (QED) is 0.772. The van der Waals surface area contributed by atoms with Gasteiger partial charge in [0.15, 0.2) is 0 Å². The number of fused-ring (bicyclic) bond motifs is 1.